The minimum atomic E-state index is 0.634. The highest BCUT2D eigenvalue weighted by atomic mass is 14.2. The first kappa shape index (κ1) is 9.00. The lowest BCUT2D eigenvalue weighted by Crippen LogP contribution is -2.12. The Hall–Kier alpha value is 0. The average molecular weight is 128 g/mol. The predicted octanol–water partition coefficient (Wildman–Crippen LogP) is 3.61. The van der Waals surface area contributed by atoms with Crippen LogP contribution in [-0.2, 0) is 0 Å². The lowest BCUT2D eigenvalue weighted by molar-refractivity contribution is 0.270. The predicted molar refractivity (Wildman–Crippen MR) is 43.6 cm³/mol. The fraction of sp³-hybridized carbons (Fsp3) is 1.00. The van der Waals surface area contributed by atoms with Gasteiger partial charge in [0.25, 0.3) is 0 Å². The maximum absolute atomic E-state index is 2.39. The van der Waals surface area contributed by atoms with Gasteiger partial charge in [-0.25, -0.2) is 0 Å². The van der Waals surface area contributed by atoms with Crippen molar-refractivity contribution >= 4 is 0 Å². The third-order valence-electron chi connectivity index (χ3n) is 2.56. The SMILES string of the molecule is CCCC(C)(CC)CC. The van der Waals surface area contributed by atoms with E-state index in [0.717, 1.165) is 0 Å². The Balaban J connectivity index is 3.62. The molecule has 0 saturated carbocycles. The van der Waals surface area contributed by atoms with E-state index in [2.05, 4.69) is 27.7 Å². The molecular weight excluding hydrogens is 108 g/mol. The van der Waals surface area contributed by atoms with Crippen LogP contribution in [0.5, 0.6) is 0 Å². The van der Waals surface area contributed by atoms with E-state index in [-0.39, 0.29) is 0 Å². The lowest BCUT2D eigenvalue weighted by atomic mass is 9.81. The van der Waals surface area contributed by atoms with Gasteiger partial charge in [-0.05, 0) is 11.8 Å². The summed E-state index contributed by atoms with van der Waals surface area (Å²) in [6.45, 7) is 9.23. The van der Waals surface area contributed by atoms with Gasteiger partial charge in [0, 0.05) is 0 Å². The van der Waals surface area contributed by atoms with Crippen molar-refractivity contribution in [3.63, 3.8) is 0 Å². The molecule has 0 N–H and O–H groups in total. The molecule has 0 aliphatic rings. The molecule has 0 saturated heterocycles. The molecule has 0 fully saturated rings. The van der Waals surface area contributed by atoms with Crippen molar-refractivity contribution in [1.82, 2.24) is 0 Å². The molecule has 0 unspecified atom stereocenters. The highest BCUT2D eigenvalue weighted by Crippen LogP contribution is 2.30. The molecule has 0 amide bonds. The van der Waals surface area contributed by atoms with Crippen LogP contribution in [0.25, 0.3) is 0 Å². The van der Waals surface area contributed by atoms with Crippen molar-refractivity contribution in [2.75, 3.05) is 0 Å². The maximum atomic E-state index is 2.39. The zero-order chi connectivity index (χ0) is 7.33. The number of hydrogen-bond acceptors (Lipinski definition) is 0. The Morgan fingerprint density at radius 3 is 1.56 bits per heavy atom. The minimum Gasteiger partial charge on any atom is -0.0654 e. The summed E-state index contributed by atoms with van der Waals surface area (Å²) in [5, 5.41) is 0. The van der Waals surface area contributed by atoms with Gasteiger partial charge < -0.3 is 0 Å². The normalized spacial score (nSPS) is 12.0. The number of hydrogen-bond donors (Lipinski definition) is 0. The van der Waals surface area contributed by atoms with Gasteiger partial charge in [0.2, 0.25) is 0 Å². The molecule has 0 spiro atoms. The van der Waals surface area contributed by atoms with Crippen molar-refractivity contribution in [2.45, 2.75) is 53.4 Å². The molecule has 0 aromatic heterocycles. The molecule has 9 heavy (non-hydrogen) atoms. The standard InChI is InChI=1S/C9H20/c1-5-8-9(4,6-2)7-3/h5-8H2,1-4H3. The van der Waals surface area contributed by atoms with E-state index in [1.165, 1.54) is 25.7 Å². The molecule has 56 valence electrons. The van der Waals surface area contributed by atoms with Crippen molar-refractivity contribution in [3.8, 4) is 0 Å². The summed E-state index contributed by atoms with van der Waals surface area (Å²) in [6.07, 6.45) is 5.38. The molecule has 0 heterocycles. The van der Waals surface area contributed by atoms with Crippen LogP contribution in [0.1, 0.15) is 53.4 Å². The van der Waals surface area contributed by atoms with Gasteiger partial charge >= 0.3 is 0 Å². The van der Waals surface area contributed by atoms with Crippen molar-refractivity contribution in [3.05, 3.63) is 0 Å². The van der Waals surface area contributed by atoms with Crippen LogP contribution in [-0.4, -0.2) is 0 Å². The van der Waals surface area contributed by atoms with Gasteiger partial charge in [-0.1, -0.05) is 47.0 Å². The quantitative estimate of drug-likeness (QED) is 0.542. The summed E-state index contributed by atoms with van der Waals surface area (Å²) in [6, 6.07) is 0. The molecule has 0 heteroatoms. The molecule has 0 nitrogen and oxygen atoms in total. The summed E-state index contributed by atoms with van der Waals surface area (Å²) in [5.41, 5.74) is 0.634. The zero-order valence-electron chi connectivity index (χ0n) is 7.33. The highest BCUT2D eigenvalue weighted by Gasteiger charge is 2.16. The van der Waals surface area contributed by atoms with Crippen molar-refractivity contribution < 1.29 is 0 Å². The molecule has 0 aliphatic carbocycles. The molecule has 0 rings (SSSR count). The van der Waals surface area contributed by atoms with E-state index in [9.17, 15) is 0 Å². The Morgan fingerprint density at radius 2 is 1.44 bits per heavy atom. The smallest absolute Gasteiger partial charge is 0.0331 e. The fourth-order valence-corrected chi connectivity index (χ4v) is 1.21. The Kier molecular flexibility index (Phi) is 3.92. The first-order chi connectivity index (χ1) is 4.18. The third kappa shape index (κ3) is 2.88. The molecule has 0 aliphatic heterocycles. The zero-order valence-corrected chi connectivity index (χ0v) is 7.33. The van der Waals surface area contributed by atoms with E-state index in [0.29, 0.717) is 5.41 Å². The molecular formula is C9H20. The summed E-state index contributed by atoms with van der Waals surface area (Å²) in [4.78, 5) is 0. The monoisotopic (exact) mass is 128 g/mol. The topological polar surface area (TPSA) is 0 Å². The first-order valence-corrected chi connectivity index (χ1v) is 4.18. The van der Waals surface area contributed by atoms with Crippen LogP contribution in [0.3, 0.4) is 0 Å². The van der Waals surface area contributed by atoms with Gasteiger partial charge in [0.1, 0.15) is 0 Å². The summed E-state index contributed by atoms with van der Waals surface area (Å²) < 4.78 is 0. The van der Waals surface area contributed by atoms with Gasteiger partial charge in [-0.2, -0.15) is 0 Å². The molecule has 0 bridgehead atoms. The van der Waals surface area contributed by atoms with Crippen LogP contribution >= 0.6 is 0 Å². The second kappa shape index (κ2) is 3.92. The van der Waals surface area contributed by atoms with Crippen LogP contribution < -0.4 is 0 Å². The van der Waals surface area contributed by atoms with E-state index in [1.54, 1.807) is 0 Å². The van der Waals surface area contributed by atoms with Crippen molar-refractivity contribution in [2.24, 2.45) is 5.41 Å². The Bertz CT molecular complexity index is 60.4. The molecule has 0 aromatic carbocycles. The van der Waals surface area contributed by atoms with Gasteiger partial charge in [-0.15, -0.1) is 0 Å². The van der Waals surface area contributed by atoms with Crippen LogP contribution in [0.2, 0.25) is 0 Å². The maximum Gasteiger partial charge on any atom is -0.0331 e. The minimum absolute atomic E-state index is 0.634. The number of rotatable bonds is 4. The average Bonchev–Trinajstić information content (AvgIpc) is 1.89. The van der Waals surface area contributed by atoms with Crippen LogP contribution in [0, 0.1) is 5.41 Å². The second-order valence-electron chi connectivity index (χ2n) is 3.27. The second-order valence-corrected chi connectivity index (χ2v) is 3.27. The summed E-state index contributed by atoms with van der Waals surface area (Å²) >= 11 is 0. The van der Waals surface area contributed by atoms with Crippen LogP contribution in [0.15, 0.2) is 0 Å². The van der Waals surface area contributed by atoms with E-state index in [4.69, 9.17) is 0 Å². The van der Waals surface area contributed by atoms with Gasteiger partial charge in [0.15, 0.2) is 0 Å². The molecule has 0 radical (unpaired) electrons. The summed E-state index contributed by atoms with van der Waals surface area (Å²) in [5.74, 6) is 0. The van der Waals surface area contributed by atoms with E-state index >= 15 is 0 Å². The van der Waals surface area contributed by atoms with Crippen molar-refractivity contribution in [1.29, 1.82) is 0 Å². The van der Waals surface area contributed by atoms with Crippen LogP contribution in [0.4, 0.5) is 0 Å². The Morgan fingerprint density at radius 1 is 1.00 bits per heavy atom. The molecule has 0 atom stereocenters. The first-order valence-electron chi connectivity index (χ1n) is 4.18. The summed E-state index contributed by atoms with van der Waals surface area (Å²) in [7, 11) is 0. The largest absolute Gasteiger partial charge is 0.0654 e. The fourth-order valence-electron chi connectivity index (χ4n) is 1.21. The van der Waals surface area contributed by atoms with E-state index < -0.39 is 0 Å². The molecule has 0 aromatic rings. The lowest BCUT2D eigenvalue weighted by Gasteiger charge is -2.25. The van der Waals surface area contributed by atoms with E-state index in [1.807, 2.05) is 0 Å². The Labute approximate surface area is 59.7 Å². The third-order valence-corrected chi connectivity index (χ3v) is 2.56. The highest BCUT2D eigenvalue weighted by molar-refractivity contribution is 4.69. The van der Waals surface area contributed by atoms with Gasteiger partial charge in [-0.3, -0.25) is 0 Å². The van der Waals surface area contributed by atoms with Gasteiger partial charge in [0.05, 0.1) is 0 Å².